The lowest BCUT2D eigenvalue weighted by atomic mass is 10.1. The van der Waals surface area contributed by atoms with Crippen LogP contribution in [0.3, 0.4) is 0 Å². The number of piperidine rings is 1. The van der Waals surface area contributed by atoms with Crippen molar-refractivity contribution in [3.8, 4) is 17.2 Å². The molecule has 1 aliphatic heterocycles. The molecule has 1 amide bonds. The molecule has 1 heterocycles. The smallest absolute Gasteiger partial charge is 0.259 e. The lowest BCUT2D eigenvalue weighted by molar-refractivity contribution is 0.102. The van der Waals surface area contributed by atoms with Gasteiger partial charge in [0.05, 0.1) is 26.9 Å². The van der Waals surface area contributed by atoms with Gasteiger partial charge in [0.2, 0.25) is 0 Å². The van der Waals surface area contributed by atoms with Crippen molar-refractivity contribution < 1.29 is 19.0 Å². The van der Waals surface area contributed by atoms with Crippen molar-refractivity contribution in [2.24, 2.45) is 0 Å². The Morgan fingerprint density at radius 1 is 0.852 bits per heavy atom. The minimum absolute atomic E-state index is 0.265. The number of benzene rings is 2. The third-order valence-corrected chi connectivity index (χ3v) is 4.80. The first-order valence-corrected chi connectivity index (χ1v) is 9.12. The first kappa shape index (κ1) is 18.9. The van der Waals surface area contributed by atoms with E-state index in [0.29, 0.717) is 22.8 Å². The summed E-state index contributed by atoms with van der Waals surface area (Å²) in [6, 6.07) is 11.2. The van der Waals surface area contributed by atoms with E-state index in [2.05, 4.69) is 10.2 Å². The van der Waals surface area contributed by atoms with Gasteiger partial charge in [-0.2, -0.15) is 0 Å². The number of amides is 1. The van der Waals surface area contributed by atoms with E-state index in [-0.39, 0.29) is 5.91 Å². The zero-order chi connectivity index (χ0) is 19.2. The summed E-state index contributed by atoms with van der Waals surface area (Å²) in [7, 11) is 4.59. The fraction of sp³-hybridized carbons (Fsp3) is 0.381. The zero-order valence-electron chi connectivity index (χ0n) is 16.1. The molecule has 0 radical (unpaired) electrons. The van der Waals surface area contributed by atoms with Crippen molar-refractivity contribution in [3.63, 3.8) is 0 Å². The predicted octanol–water partition coefficient (Wildman–Crippen LogP) is 3.96. The molecule has 2 aromatic carbocycles. The van der Waals surface area contributed by atoms with E-state index >= 15 is 0 Å². The van der Waals surface area contributed by atoms with Gasteiger partial charge in [0.15, 0.2) is 11.5 Å². The molecule has 0 saturated carbocycles. The number of rotatable bonds is 6. The number of nitrogens with zero attached hydrogens (tertiary/aromatic N) is 1. The number of carbonyl (C=O) groups excluding carboxylic acids is 1. The second-order valence-electron chi connectivity index (χ2n) is 6.46. The minimum atomic E-state index is -0.265. The Bertz CT molecular complexity index is 784. The minimum Gasteiger partial charge on any atom is -0.496 e. The number of carbonyl (C=O) groups is 1. The molecule has 6 heteroatoms. The van der Waals surface area contributed by atoms with E-state index in [1.807, 2.05) is 24.3 Å². The van der Waals surface area contributed by atoms with Crippen molar-refractivity contribution in [1.29, 1.82) is 0 Å². The zero-order valence-corrected chi connectivity index (χ0v) is 16.1. The van der Waals surface area contributed by atoms with Gasteiger partial charge in [0, 0.05) is 36.6 Å². The standard InChI is InChI=1S/C21H26N2O4/c1-25-18-14-20(27-3)19(26-2)13-17(18)21(24)22-15-7-9-16(10-8-15)23-11-5-4-6-12-23/h7-10,13-14H,4-6,11-12H2,1-3H3,(H,22,24). The number of ether oxygens (including phenoxy) is 3. The third-order valence-electron chi connectivity index (χ3n) is 4.80. The van der Waals surface area contributed by atoms with Gasteiger partial charge in [-0.1, -0.05) is 0 Å². The fourth-order valence-electron chi connectivity index (χ4n) is 3.31. The van der Waals surface area contributed by atoms with Crippen molar-refractivity contribution in [1.82, 2.24) is 0 Å². The summed E-state index contributed by atoms with van der Waals surface area (Å²) < 4.78 is 15.9. The third kappa shape index (κ3) is 4.27. The molecule has 1 aliphatic rings. The molecule has 0 bridgehead atoms. The number of nitrogens with one attached hydrogen (secondary N) is 1. The highest BCUT2D eigenvalue weighted by Gasteiger charge is 2.18. The van der Waals surface area contributed by atoms with Crippen LogP contribution in [-0.2, 0) is 0 Å². The van der Waals surface area contributed by atoms with Crippen LogP contribution in [0.15, 0.2) is 36.4 Å². The van der Waals surface area contributed by atoms with E-state index in [9.17, 15) is 4.79 Å². The average Bonchev–Trinajstić information content (AvgIpc) is 2.73. The highest BCUT2D eigenvalue weighted by molar-refractivity contribution is 6.06. The maximum Gasteiger partial charge on any atom is 0.259 e. The number of hydrogen-bond donors (Lipinski definition) is 1. The van der Waals surface area contributed by atoms with Gasteiger partial charge in [0.25, 0.3) is 5.91 Å². The second kappa shape index (κ2) is 8.66. The summed E-state index contributed by atoms with van der Waals surface area (Å²) in [5.74, 6) is 1.15. The molecule has 0 unspecified atom stereocenters. The lowest BCUT2D eigenvalue weighted by Gasteiger charge is -2.28. The molecule has 2 aromatic rings. The van der Waals surface area contributed by atoms with Crippen molar-refractivity contribution in [2.75, 3.05) is 44.6 Å². The van der Waals surface area contributed by atoms with Crippen LogP contribution in [0.2, 0.25) is 0 Å². The molecule has 1 N–H and O–H groups in total. The Morgan fingerprint density at radius 2 is 1.44 bits per heavy atom. The van der Waals surface area contributed by atoms with E-state index in [1.54, 1.807) is 19.2 Å². The maximum atomic E-state index is 12.8. The van der Waals surface area contributed by atoms with Crippen LogP contribution >= 0.6 is 0 Å². The van der Waals surface area contributed by atoms with Crippen LogP contribution in [-0.4, -0.2) is 40.3 Å². The van der Waals surface area contributed by atoms with Crippen LogP contribution in [0.1, 0.15) is 29.6 Å². The molecule has 1 saturated heterocycles. The normalized spacial score (nSPS) is 13.8. The molecule has 3 rings (SSSR count). The van der Waals surface area contributed by atoms with Gasteiger partial charge in [-0.3, -0.25) is 4.79 Å². The summed E-state index contributed by atoms with van der Waals surface area (Å²) in [6.07, 6.45) is 3.77. The van der Waals surface area contributed by atoms with Crippen LogP contribution in [0.5, 0.6) is 17.2 Å². The van der Waals surface area contributed by atoms with Gasteiger partial charge >= 0.3 is 0 Å². The molecule has 1 fully saturated rings. The molecule has 6 nitrogen and oxygen atoms in total. The van der Waals surface area contributed by atoms with Gasteiger partial charge in [-0.05, 0) is 43.5 Å². The highest BCUT2D eigenvalue weighted by atomic mass is 16.5. The average molecular weight is 370 g/mol. The van der Waals surface area contributed by atoms with Gasteiger partial charge in [0.1, 0.15) is 5.75 Å². The monoisotopic (exact) mass is 370 g/mol. The Kier molecular flexibility index (Phi) is 6.06. The lowest BCUT2D eigenvalue weighted by Crippen LogP contribution is -2.29. The number of methoxy groups -OCH3 is 3. The molecule has 0 aromatic heterocycles. The SMILES string of the molecule is COc1cc(OC)c(C(=O)Nc2ccc(N3CCCCC3)cc2)cc1OC. The van der Waals surface area contributed by atoms with Crippen LogP contribution < -0.4 is 24.4 Å². The molecular weight excluding hydrogens is 344 g/mol. The van der Waals surface area contributed by atoms with Crippen LogP contribution in [0.25, 0.3) is 0 Å². The van der Waals surface area contributed by atoms with Gasteiger partial charge in [-0.25, -0.2) is 0 Å². The molecule has 0 spiro atoms. The van der Waals surface area contributed by atoms with Gasteiger partial charge < -0.3 is 24.4 Å². The molecular formula is C21H26N2O4. The summed E-state index contributed by atoms with van der Waals surface area (Å²) in [5, 5.41) is 2.92. The summed E-state index contributed by atoms with van der Waals surface area (Å²) >= 11 is 0. The quantitative estimate of drug-likeness (QED) is 0.834. The summed E-state index contributed by atoms with van der Waals surface area (Å²) in [6.45, 7) is 2.18. The molecule has 27 heavy (non-hydrogen) atoms. The molecule has 0 aliphatic carbocycles. The van der Waals surface area contributed by atoms with E-state index in [1.165, 1.54) is 39.2 Å². The second-order valence-corrected chi connectivity index (χ2v) is 6.46. The Balaban J connectivity index is 1.76. The van der Waals surface area contributed by atoms with E-state index < -0.39 is 0 Å². The van der Waals surface area contributed by atoms with E-state index in [4.69, 9.17) is 14.2 Å². The van der Waals surface area contributed by atoms with Crippen LogP contribution in [0, 0.1) is 0 Å². The number of hydrogen-bond acceptors (Lipinski definition) is 5. The molecule has 144 valence electrons. The predicted molar refractivity (Wildman–Crippen MR) is 107 cm³/mol. The molecule has 0 atom stereocenters. The first-order chi connectivity index (χ1) is 13.2. The summed E-state index contributed by atoms with van der Waals surface area (Å²) in [4.78, 5) is 15.1. The highest BCUT2D eigenvalue weighted by Crippen LogP contribution is 2.35. The largest absolute Gasteiger partial charge is 0.496 e. The summed E-state index contributed by atoms with van der Waals surface area (Å²) in [5.41, 5.74) is 2.31. The van der Waals surface area contributed by atoms with Crippen molar-refractivity contribution in [2.45, 2.75) is 19.3 Å². The maximum absolute atomic E-state index is 12.8. The number of anilines is 2. The van der Waals surface area contributed by atoms with Crippen molar-refractivity contribution >= 4 is 17.3 Å². The van der Waals surface area contributed by atoms with Crippen molar-refractivity contribution in [3.05, 3.63) is 42.0 Å². The first-order valence-electron chi connectivity index (χ1n) is 9.12. The topological polar surface area (TPSA) is 60.0 Å². The van der Waals surface area contributed by atoms with E-state index in [0.717, 1.165) is 18.8 Å². The fourth-order valence-corrected chi connectivity index (χ4v) is 3.31. The van der Waals surface area contributed by atoms with Crippen LogP contribution in [0.4, 0.5) is 11.4 Å². The Morgan fingerprint density at radius 3 is 2.04 bits per heavy atom. The Labute approximate surface area is 160 Å². The Hall–Kier alpha value is -2.89. The van der Waals surface area contributed by atoms with Gasteiger partial charge in [-0.15, -0.1) is 0 Å².